The highest BCUT2D eigenvalue weighted by atomic mass is 16.5. The molecule has 0 radical (unpaired) electrons. The molecule has 5 nitrogen and oxygen atoms in total. The molecule has 116 valence electrons. The van der Waals surface area contributed by atoms with Crippen molar-refractivity contribution in [3.63, 3.8) is 0 Å². The van der Waals surface area contributed by atoms with Gasteiger partial charge in [-0.2, -0.15) is 5.26 Å². The van der Waals surface area contributed by atoms with Gasteiger partial charge in [0.2, 0.25) is 0 Å². The van der Waals surface area contributed by atoms with E-state index in [4.69, 9.17) is 9.47 Å². The van der Waals surface area contributed by atoms with Crippen LogP contribution in [0.4, 0.5) is 0 Å². The first-order valence-electron chi connectivity index (χ1n) is 7.23. The van der Waals surface area contributed by atoms with Crippen molar-refractivity contribution in [2.75, 3.05) is 14.2 Å². The minimum absolute atomic E-state index is 0.0228. The largest absolute Gasteiger partial charge is 0.497 e. The molecule has 1 aliphatic rings. The lowest BCUT2D eigenvalue weighted by Gasteiger charge is -2.17. The van der Waals surface area contributed by atoms with Crippen LogP contribution in [-0.4, -0.2) is 24.9 Å². The minimum atomic E-state index is -0.159. The molecule has 0 N–H and O–H groups in total. The first-order chi connectivity index (χ1) is 11.2. The topological polar surface area (TPSA) is 64.2 Å². The number of benzene rings is 1. The van der Waals surface area contributed by atoms with Gasteiger partial charge in [0.25, 0.3) is 5.56 Å². The quantitative estimate of drug-likeness (QED) is 0.874. The zero-order valence-electron chi connectivity index (χ0n) is 12.9. The molecule has 0 saturated carbocycles. The van der Waals surface area contributed by atoms with Gasteiger partial charge >= 0.3 is 0 Å². The second kappa shape index (κ2) is 6.11. The molecule has 1 aliphatic carbocycles. The molecule has 0 spiro atoms. The standard InChI is InChI=1S/C18H16N2O3/c1-22-14-5-3-13(4-6-14)20-11-12(10-19)17-9-15(23-2)7-8-16(17)18(20)21/h3-5,7-9,11,14H,6H2,1-2H3. The first kappa shape index (κ1) is 15.1. The Hall–Kier alpha value is -2.84. The van der Waals surface area contributed by atoms with Crippen LogP contribution >= 0.6 is 0 Å². The van der Waals surface area contributed by atoms with Gasteiger partial charge in [-0.25, -0.2) is 0 Å². The summed E-state index contributed by atoms with van der Waals surface area (Å²) in [5.41, 5.74) is 1.02. The van der Waals surface area contributed by atoms with Gasteiger partial charge in [-0.05, 0) is 30.7 Å². The van der Waals surface area contributed by atoms with Gasteiger partial charge < -0.3 is 9.47 Å². The van der Waals surface area contributed by atoms with E-state index in [-0.39, 0.29) is 11.7 Å². The summed E-state index contributed by atoms with van der Waals surface area (Å²) in [4.78, 5) is 12.8. The average Bonchev–Trinajstić information content (AvgIpc) is 2.62. The molecular weight excluding hydrogens is 292 g/mol. The summed E-state index contributed by atoms with van der Waals surface area (Å²) < 4.78 is 11.9. The number of allylic oxidation sites excluding steroid dienone is 2. The lowest BCUT2D eigenvalue weighted by atomic mass is 10.1. The van der Waals surface area contributed by atoms with E-state index in [0.717, 1.165) is 5.70 Å². The van der Waals surface area contributed by atoms with Crippen molar-refractivity contribution in [3.8, 4) is 11.8 Å². The molecule has 0 saturated heterocycles. The van der Waals surface area contributed by atoms with E-state index in [0.29, 0.717) is 28.5 Å². The normalized spacial score (nSPS) is 16.9. The summed E-state index contributed by atoms with van der Waals surface area (Å²) in [6.45, 7) is 0. The van der Waals surface area contributed by atoms with E-state index in [1.165, 1.54) is 4.57 Å². The predicted molar refractivity (Wildman–Crippen MR) is 88.3 cm³/mol. The Kier molecular flexibility index (Phi) is 4.00. The fourth-order valence-electron chi connectivity index (χ4n) is 2.67. The van der Waals surface area contributed by atoms with Crippen LogP contribution in [0.15, 0.2) is 47.4 Å². The number of nitrogens with zero attached hydrogens (tertiary/aromatic N) is 2. The molecule has 23 heavy (non-hydrogen) atoms. The van der Waals surface area contributed by atoms with E-state index in [9.17, 15) is 10.1 Å². The second-order valence-corrected chi connectivity index (χ2v) is 5.24. The highest BCUT2D eigenvalue weighted by Crippen LogP contribution is 2.23. The molecule has 1 aromatic heterocycles. The van der Waals surface area contributed by atoms with Crippen molar-refractivity contribution in [3.05, 3.63) is 58.5 Å². The third-order valence-corrected chi connectivity index (χ3v) is 3.97. The van der Waals surface area contributed by atoms with Crippen molar-refractivity contribution < 1.29 is 9.47 Å². The molecule has 1 heterocycles. The van der Waals surface area contributed by atoms with Crippen LogP contribution in [0.25, 0.3) is 16.5 Å². The van der Waals surface area contributed by atoms with E-state index >= 15 is 0 Å². The van der Waals surface area contributed by atoms with Crippen molar-refractivity contribution in [1.82, 2.24) is 4.57 Å². The molecule has 0 fully saturated rings. The smallest absolute Gasteiger partial charge is 0.263 e. The van der Waals surface area contributed by atoms with Crippen molar-refractivity contribution in [1.29, 1.82) is 5.26 Å². The number of rotatable bonds is 3. The average molecular weight is 308 g/mol. The minimum Gasteiger partial charge on any atom is -0.497 e. The highest BCUT2D eigenvalue weighted by molar-refractivity contribution is 5.89. The van der Waals surface area contributed by atoms with Crippen LogP contribution in [0.5, 0.6) is 5.75 Å². The van der Waals surface area contributed by atoms with Gasteiger partial charge in [0.1, 0.15) is 11.8 Å². The van der Waals surface area contributed by atoms with Gasteiger partial charge in [-0.15, -0.1) is 0 Å². The zero-order valence-corrected chi connectivity index (χ0v) is 12.9. The first-order valence-corrected chi connectivity index (χ1v) is 7.23. The van der Waals surface area contributed by atoms with E-state index < -0.39 is 0 Å². The van der Waals surface area contributed by atoms with Crippen LogP contribution in [0, 0.1) is 11.3 Å². The Labute approximate surface area is 133 Å². The summed E-state index contributed by atoms with van der Waals surface area (Å²) in [6.07, 6.45) is 7.98. The number of aromatic nitrogens is 1. The third kappa shape index (κ3) is 2.65. The lowest BCUT2D eigenvalue weighted by Crippen LogP contribution is -2.21. The number of nitriles is 1. The summed E-state index contributed by atoms with van der Waals surface area (Å²) in [6, 6.07) is 7.29. The Morgan fingerprint density at radius 2 is 2.13 bits per heavy atom. The summed E-state index contributed by atoms with van der Waals surface area (Å²) in [7, 11) is 3.20. The molecule has 3 rings (SSSR count). The van der Waals surface area contributed by atoms with Gasteiger partial charge in [0, 0.05) is 29.8 Å². The fraction of sp³-hybridized carbons (Fsp3) is 0.222. The van der Waals surface area contributed by atoms with Gasteiger partial charge in [0.15, 0.2) is 0 Å². The number of pyridine rings is 1. The van der Waals surface area contributed by atoms with Gasteiger partial charge in [-0.1, -0.05) is 12.2 Å². The van der Waals surface area contributed by atoms with Gasteiger partial charge in [0.05, 0.1) is 18.8 Å². The second-order valence-electron chi connectivity index (χ2n) is 5.24. The molecule has 5 heteroatoms. The number of methoxy groups -OCH3 is 2. The molecule has 0 amide bonds. The number of ether oxygens (including phenoxy) is 2. The summed E-state index contributed by atoms with van der Waals surface area (Å²) in [5, 5.41) is 10.5. The van der Waals surface area contributed by atoms with Crippen LogP contribution in [0.1, 0.15) is 12.0 Å². The van der Waals surface area contributed by atoms with E-state index in [1.807, 2.05) is 18.2 Å². The zero-order chi connectivity index (χ0) is 16.4. The van der Waals surface area contributed by atoms with Crippen molar-refractivity contribution in [2.24, 2.45) is 0 Å². The summed E-state index contributed by atoms with van der Waals surface area (Å²) in [5.74, 6) is 0.617. The maximum absolute atomic E-state index is 12.8. The highest BCUT2D eigenvalue weighted by Gasteiger charge is 2.14. The Bertz CT molecular complexity index is 916. The lowest BCUT2D eigenvalue weighted by molar-refractivity contribution is 0.143. The Morgan fingerprint density at radius 1 is 1.30 bits per heavy atom. The molecule has 0 aliphatic heterocycles. The molecule has 1 aromatic carbocycles. The molecule has 2 aromatic rings. The van der Waals surface area contributed by atoms with Crippen LogP contribution < -0.4 is 10.3 Å². The number of hydrogen-bond donors (Lipinski definition) is 0. The van der Waals surface area contributed by atoms with E-state index in [1.54, 1.807) is 38.6 Å². The number of hydrogen-bond acceptors (Lipinski definition) is 4. The maximum atomic E-state index is 12.8. The van der Waals surface area contributed by atoms with Gasteiger partial charge in [-0.3, -0.25) is 9.36 Å². The summed E-state index contributed by atoms with van der Waals surface area (Å²) >= 11 is 0. The predicted octanol–water partition coefficient (Wildman–Crippen LogP) is 2.70. The molecule has 0 bridgehead atoms. The Balaban J connectivity index is 2.19. The molecule has 1 atom stereocenters. The molecular formula is C18H16N2O3. The SMILES string of the molecule is COc1ccc2c(=O)n(C3=CCC(OC)C=C3)cc(C#N)c2c1. The third-order valence-electron chi connectivity index (χ3n) is 3.97. The monoisotopic (exact) mass is 308 g/mol. The Morgan fingerprint density at radius 3 is 2.74 bits per heavy atom. The molecule has 1 unspecified atom stereocenters. The number of fused-ring (bicyclic) bond motifs is 1. The fourth-order valence-corrected chi connectivity index (χ4v) is 2.67. The van der Waals surface area contributed by atoms with Crippen LogP contribution in [0.2, 0.25) is 0 Å². The van der Waals surface area contributed by atoms with E-state index in [2.05, 4.69) is 6.07 Å². The van der Waals surface area contributed by atoms with Crippen LogP contribution in [0.3, 0.4) is 0 Å². The van der Waals surface area contributed by atoms with Crippen LogP contribution in [-0.2, 0) is 4.74 Å². The van der Waals surface area contributed by atoms with Crippen molar-refractivity contribution >= 4 is 16.5 Å². The maximum Gasteiger partial charge on any atom is 0.263 e. The van der Waals surface area contributed by atoms with Crippen molar-refractivity contribution in [2.45, 2.75) is 12.5 Å².